The van der Waals surface area contributed by atoms with Gasteiger partial charge in [0.25, 0.3) is 0 Å². The molecule has 0 saturated carbocycles. The lowest BCUT2D eigenvalue weighted by molar-refractivity contribution is -0.116. The Morgan fingerprint density at radius 2 is 2.12 bits per heavy atom. The number of benzene rings is 1. The van der Waals surface area contributed by atoms with Crippen molar-refractivity contribution in [2.45, 2.75) is 12.8 Å². The van der Waals surface area contributed by atoms with Crippen LogP contribution in [0, 0.1) is 5.82 Å². The lowest BCUT2D eigenvalue weighted by Gasteiger charge is -2.06. The average Bonchev–Trinajstić information content (AvgIpc) is 2.94. The number of nitrogens with one attached hydrogen (secondary N) is 1. The smallest absolute Gasteiger partial charge is 0.224 e. The first kappa shape index (κ1) is 15.8. The SMILES string of the molecule is Cn1c(CCC(=O)Nc2cccc(F)c2)nnc1-c1cccnc1. The maximum atomic E-state index is 13.1. The quantitative estimate of drug-likeness (QED) is 0.782. The van der Waals surface area contributed by atoms with E-state index in [2.05, 4.69) is 20.5 Å². The van der Waals surface area contributed by atoms with Crippen LogP contribution in [0.2, 0.25) is 0 Å². The predicted molar refractivity (Wildman–Crippen MR) is 87.6 cm³/mol. The number of hydrogen-bond acceptors (Lipinski definition) is 4. The number of rotatable bonds is 5. The van der Waals surface area contributed by atoms with Crippen molar-refractivity contribution in [2.24, 2.45) is 7.05 Å². The molecule has 0 bridgehead atoms. The maximum absolute atomic E-state index is 13.1. The van der Waals surface area contributed by atoms with Gasteiger partial charge in [0.15, 0.2) is 5.82 Å². The second-order valence-corrected chi connectivity index (χ2v) is 5.30. The summed E-state index contributed by atoms with van der Waals surface area (Å²) in [6.07, 6.45) is 4.07. The van der Waals surface area contributed by atoms with Crippen LogP contribution < -0.4 is 5.32 Å². The summed E-state index contributed by atoms with van der Waals surface area (Å²) in [5, 5.41) is 10.9. The molecule has 6 nitrogen and oxygen atoms in total. The van der Waals surface area contributed by atoms with E-state index in [-0.39, 0.29) is 18.1 Å². The monoisotopic (exact) mass is 325 g/mol. The zero-order valence-corrected chi connectivity index (χ0v) is 13.1. The van der Waals surface area contributed by atoms with Crippen molar-refractivity contribution in [3.63, 3.8) is 0 Å². The third-order valence-electron chi connectivity index (χ3n) is 3.57. The Morgan fingerprint density at radius 3 is 2.88 bits per heavy atom. The van der Waals surface area contributed by atoms with Gasteiger partial charge in [0.2, 0.25) is 5.91 Å². The van der Waals surface area contributed by atoms with E-state index in [0.717, 1.165) is 5.56 Å². The Kier molecular flexibility index (Phi) is 4.60. The van der Waals surface area contributed by atoms with E-state index < -0.39 is 0 Å². The van der Waals surface area contributed by atoms with Crippen molar-refractivity contribution in [1.82, 2.24) is 19.7 Å². The Labute approximate surface area is 138 Å². The maximum Gasteiger partial charge on any atom is 0.224 e. The van der Waals surface area contributed by atoms with Gasteiger partial charge in [0, 0.05) is 43.5 Å². The number of amides is 1. The van der Waals surface area contributed by atoms with Gasteiger partial charge in [0.05, 0.1) is 0 Å². The van der Waals surface area contributed by atoms with Crippen LogP contribution in [-0.4, -0.2) is 25.7 Å². The van der Waals surface area contributed by atoms with Gasteiger partial charge in [0.1, 0.15) is 11.6 Å². The Bertz CT molecular complexity index is 847. The fourth-order valence-corrected chi connectivity index (χ4v) is 2.34. The molecule has 0 saturated heterocycles. The first-order valence-electron chi connectivity index (χ1n) is 7.47. The molecule has 2 heterocycles. The summed E-state index contributed by atoms with van der Waals surface area (Å²) < 4.78 is 14.9. The highest BCUT2D eigenvalue weighted by Gasteiger charge is 2.12. The fraction of sp³-hybridized carbons (Fsp3) is 0.176. The average molecular weight is 325 g/mol. The number of halogens is 1. The fourth-order valence-electron chi connectivity index (χ4n) is 2.34. The topological polar surface area (TPSA) is 72.7 Å². The minimum absolute atomic E-state index is 0.202. The van der Waals surface area contributed by atoms with Crippen molar-refractivity contribution in [3.8, 4) is 11.4 Å². The first-order chi connectivity index (χ1) is 11.6. The molecule has 0 atom stereocenters. The van der Waals surface area contributed by atoms with E-state index in [4.69, 9.17) is 0 Å². The van der Waals surface area contributed by atoms with Crippen LogP contribution in [0.3, 0.4) is 0 Å². The van der Waals surface area contributed by atoms with E-state index in [1.54, 1.807) is 24.5 Å². The number of anilines is 1. The summed E-state index contributed by atoms with van der Waals surface area (Å²) in [6, 6.07) is 9.53. The van der Waals surface area contributed by atoms with Gasteiger partial charge in [-0.3, -0.25) is 9.78 Å². The lowest BCUT2D eigenvalue weighted by atomic mass is 10.2. The zero-order valence-electron chi connectivity index (χ0n) is 13.1. The normalized spacial score (nSPS) is 10.6. The Balaban J connectivity index is 1.63. The summed E-state index contributed by atoms with van der Waals surface area (Å²) in [4.78, 5) is 16.0. The van der Waals surface area contributed by atoms with E-state index in [1.165, 1.54) is 12.1 Å². The van der Waals surface area contributed by atoms with Gasteiger partial charge in [-0.15, -0.1) is 10.2 Å². The van der Waals surface area contributed by atoms with Gasteiger partial charge in [-0.1, -0.05) is 6.07 Å². The minimum Gasteiger partial charge on any atom is -0.326 e. The molecule has 0 fully saturated rings. The molecule has 3 rings (SSSR count). The molecule has 1 N–H and O–H groups in total. The van der Waals surface area contributed by atoms with Gasteiger partial charge in [-0.05, 0) is 30.3 Å². The van der Waals surface area contributed by atoms with Crippen LogP contribution in [0.4, 0.5) is 10.1 Å². The lowest BCUT2D eigenvalue weighted by Crippen LogP contribution is -2.13. The molecule has 3 aromatic rings. The predicted octanol–water partition coefficient (Wildman–Crippen LogP) is 2.59. The second kappa shape index (κ2) is 6.99. The van der Waals surface area contributed by atoms with Gasteiger partial charge in [-0.2, -0.15) is 0 Å². The number of pyridine rings is 1. The summed E-state index contributed by atoms with van der Waals surface area (Å²) in [7, 11) is 1.85. The number of carbonyl (C=O) groups is 1. The molecule has 1 amide bonds. The van der Waals surface area contributed by atoms with Crippen LogP contribution in [0.15, 0.2) is 48.8 Å². The largest absolute Gasteiger partial charge is 0.326 e. The number of aromatic nitrogens is 4. The van der Waals surface area contributed by atoms with Crippen molar-refractivity contribution in [2.75, 3.05) is 5.32 Å². The van der Waals surface area contributed by atoms with E-state index in [9.17, 15) is 9.18 Å². The number of aryl methyl sites for hydroxylation is 1. The Hall–Kier alpha value is -3.09. The van der Waals surface area contributed by atoms with Crippen LogP contribution in [0.5, 0.6) is 0 Å². The molecule has 24 heavy (non-hydrogen) atoms. The van der Waals surface area contributed by atoms with Gasteiger partial charge >= 0.3 is 0 Å². The number of hydrogen-bond donors (Lipinski definition) is 1. The molecule has 0 aliphatic rings. The minimum atomic E-state index is -0.387. The molecule has 0 spiro atoms. The third-order valence-corrected chi connectivity index (χ3v) is 3.57. The van der Waals surface area contributed by atoms with Crippen LogP contribution >= 0.6 is 0 Å². The van der Waals surface area contributed by atoms with Gasteiger partial charge < -0.3 is 9.88 Å². The second-order valence-electron chi connectivity index (χ2n) is 5.30. The van der Waals surface area contributed by atoms with Crippen LogP contribution in [0.25, 0.3) is 11.4 Å². The van der Waals surface area contributed by atoms with Gasteiger partial charge in [-0.25, -0.2) is 4.39 Å². The van der Waals surface area contributed by atoms with Crippen molar-refractivity contribution < 1.29 is 9.18 Å². The standard InChI is InChI=1S/C17H16FN5O/c1-23-15(21-22-17(23)12-4-3-9-19-11-12)7-8-16(24)20-14-6-2-5-13(18)10-14/h2-6,9-11H,7-8H2,1H3,(H,20,24). The van der Waals surface area contributed by atoms with E-state index >= 15 is 0 Å². The summed E-state index contributed by atoms with van der Waals surface area (Å²) in [6.45, 7) is 0. The van der Waals surface area contributed by atoms with Crippen molar-refractivity contribution >= 4 is 11.6 Å². The molecule has 0 aliphatic carbocycles. The molecule has 0 unspecified atom stereocenters. The Morgan fingerprint density at radius 1 is 1.25 bits per heavy atom. The van der Waals surface area contributed by atoms with Crippen LogP contribution in [0.1, 0.15) is 12.2 Å². The summed E-state index contributed by atoms with van der Waals surface area (Å²) >= 11 is 0. The molecular formula is C17H16FN5O. The van der Waals surface area contributed by atoms with E-state index in [1.807, 2.05) is 23.7 Å². The molecule has 0 aliphatic heterocycles. The number of carbonyl (C=O) groups excluding carboxylic acids is 1. The molecular weight excluding hydrogens is 309 g/mol. The third kappa shape index (κ3) is 3.62. The van der Waals surface area contributed by atoms with Crippen molar-refractivity contribution in [3.05, 3.63) is 60.4 Å². The number of nitrogens with zero attached hydrogens (tertiary/aromatic N) is 4. The molecule has 7 heteroatoms. The molecule has 122 valence electrons. The first-order valence-corrected chi connectivity index (χ1v) is 7.47. The highest BCUT2D eigenvalue weighted by molar-refractivity contribution is 5.90. The molecule has 0 radical (unpaired) electrons. The van der Waals surface area contributed by atoms with Crippen molar-refractivity contribution in [1.29, 1.82) is 0 Å². The van der Waals surface area contributed by atoms with E-state index in [0.29, 0.717) is 23.8 Å². The highest BCUT2D eigenvalue weighted by atomic mass is 19.1. The highest BCUT2D eigenvalue weighted by Crippen LogP contribution is 2.16. The van der Waals surface area contributed by atoms with Crippen LogP contribution in [-0.2, 0) is 18.3 Å². The molecule has 2 aromatic heterocycles. The summed E-state index contributed by atoms with van der Waals surface area (Å²) in [5.41, 5.74) is 1.30. The zero-order chi connectivity index (χ0) is 16.9. The summed E-state index contributed by atoms with van der Waals surface area (Å²) in [5.74, 6) is 0.806. The molecule has 1 aromatic carbocycles.